The number of aryl methyl sites for hydroxylation is 1. The summed E-state index contributed by atoms with van der Waals surface area (Å²) in [5, 5.41) is 7.48. The number of rotatable bonds is 2. The van der Waals surface area contributed by atoms with Crippen molar-refractivity contribution in [1.29, 1.82) is 0 Å². The van der Waals surface area contributed by atoms with Crippen molar-refractivity contribution in [3.8, 4) is 11.6 Å². The van der Waals surface area contributed by atoms with Gasteiger partial charge in [-0.15, -0.1) is 0 Å². The molecule has 0 bridgehead atoms. The first-order valence-corrected chi connectivity index (χ1v) is 13.6. The molecule has 0 spiro atoms. The van der Waals surface area contributed by atoms with Gasteiger partial charge >= 0.3 is 0 Å². The van der Waals surface area contributed by atoms with E-state index in [0.717, 1.165) is 33.7 Å². The van der Waals surface area contributed by atoms with Crippen LogP contribution in [0.2, 0.25) is 0 Å². The highest BCUT2D eigenvalue weighted by Crippen LogP contribution is 2.41. The second kappa shape index (κ2) is 7.84. The van der Waals surface area contributed by atoms with E-state index in [4.69, 9.17) is 4.98 Å². The molecule has 3 aromatic heterocycles. The maximum absolute atomic E-state index is 5.12. The molecule has 0 saturated carbocycles. The van der Waals surface area contributed by atoms with Crippen molar-refractivity contribution in [1.82, 2.24) is 18.7 Å². The molecule has 0 unspecified atom stereocenters. The summed E-state index contributed by atoms with van der Waals surface area (Å²) >= 11 is 0. The Morgan fingerprint density at radius 3 is 2.00 bits per heavy atom. The van der Waals surface area contributed by atoms with E-state index in [1.54, 1.807) is 0 Å². The number of hydrogen-bond donors (Lipinski definition) is 0. The molecule has 0 saturated heterocycles. The summed E-state index contributed by atoms with van der Waals surface area (Å²) in [5.41, 5.74) is 8.02. The van der Waals surface area contributed by atoms with Crippen molar-refractivity contribution in [2.75, 3.05) is 0 Å². The van der Waals surface area contributed by atoms with Gasteiger partial charge in [-0.05, 0) is 59.3 Å². The predicted molar refractivity (Wildman–Crippen MR) is 167 cm³/mol. The number of imidazole rings is 1. The Kier molecular flexibility index (Phi) is 4.23. The zero-order valence-corrected chi connectivity index (χ0v) is 21.9. The molecule has 4 nitrogen and oxygen atoms in total. The van der Waals surface area contributed by atoms with E-state index >= 15 is 0 Å². The lowest BCUT2D eigenvalue weighted by Crippen LogP contribution is -2.02. The summed E-state index contributed by atoms with van der Waals surface area (Å²) in [6, 6.07) is 45.7. The molecular formula is C36H24N4. The summed E-state index contributed by atoms with van der Waals surface area (Å²) in [7, 11) is 2.11. The molecule has 0 atom stereocenters. The Bertz CT molecular complexity index is 2440. The van der Waals surface area contributed by atoms with Crippen LogP contribution in [-0.4, -0.2) is 18.7 Å². The lowest BCUT2D eigenvalue weighted by Gasteiger charge is -2.09. The monoisotopic (exact) mass is 512 g/mol. The predicted octanol–water partition coefficient (Wildman–Crippen LogP) is 8.92. The average Bonchev–Trinajstić information content (AvgIpc) is 3.63. The number of hydrogen-bond acceptors (Lipinski definition) is 1. The summed E-state index contributed by atoms with van der Waals surface area (Å²) < 4.78 is 6.95. The fourth-order valence-corrected chi connectivity index (χ4v) is 6.65. The van der Waals surface area contributed by atoms with Crippen LogP contribution in [0.1, 0.15) is 0 Å². The fraction of sp³-hybridized carbons (Fsp3) is 0.0278. The van der Waals surface area contributed by atoms with E-state index in [9.17, 15) is 0 Å². The number of fused-ring (bicyclic) bond motifs is 9. The van der Waals surface area contributed by atoms with Gasteiger partial charge in [-0.25, -0.2) is 4.98 Å². The highest BCUT2D eigenvalue weighted by atomic mass is 15.2. The van der Waals surface area contributed by atoms with Gasteiger partial charge in [0.05, 0.1) is 33.1 Å². The normalized spacial score (nSPS) is 12.1. The van der Waals surface area contributed by atoms with Crippen molar-refractivity contribution in [3.05, 3.63) is 127 Å². The Morgan fingerprint density at radius 2 is 1.15 bits per heavy atom. The largest absolute Gasteiger partial charge is 0.313 e. The third-order valence-electron chi connectivity index (χ3n) is 8.43. The van der Waals surface area contributed by atoms with Crippen LogP contribution in [0.3, 0.4) is 0 Å². The zero-order valence-electron chi connectivity index (χ0n) is 21.9. The molecule has 188 valence electrons. The van der Waals surface area contributed by atoms with E-state index in [2.05, 4.69) is 148 Å². The molecule has 0 radical (unpaired) electrons. The van der Waals surface area contributed by atoms with Crippen LogP contribution in [0.15, 0.2) is 127 Å². The smallest absolute Gasteiger partial charge is 0.215 e. The van der Waals surface area contributed by atoms with Gasteiger partial charge in [0.1, 0.15) is 0 Å². The Morgan fingerprint density at radius 1 is 0.475 bits per heavy atom. The van der Waals surface area contributed by atoms with Crippen molar-refractivity contribution in [3.63, 3.8) is 0 Å². The van der Waals surface area contributed by atoms with Crippen LogP contribution < -0.4 is 0 Å². The number of benzene rings is 6. The number of para-hydroxylation sites is 4. The second-order valence-electron chi connectivity index (χ2n) is 10.6. The molecule has 0 aliphatic carbocycles. The van der Waals surface area contributed by atoms with E-state index in [-0.39, 0.29) is 0 Å². The van der Waals surface area contributed by atoms with Gasteiger partial charge in [-0.2, -0.15) is 0 Å². The first-order chi connectivity index (χ1) is 19.8. The van der Waals surface area contributed by atoms with Crippen molar-refractivity contribution in [2.45, 2.75) is 0 Å². The third-order valence-corrected chi connectivity index (χ3v) is 8.43. The highest BCUT2D eigenvalue weighted by Gasteiger charge is 2.21. The van der Waals surface area contributed by atoms with E-state index in [1.165, 1.54) is 43.4 Å². The Balaban J connectivity index is 1.52. The fourth-order valence-electron chi connectivity index (χ4n) is 6.65. The van der Waals surface area contributed by atoms with Crippen LogP contribution in [0.5, 0.6) is 0 Å². The standard InChI is InChI=1S/C36H24N4/c1-38-31-18-10-8-16-29(31)37-36(38)40-30-17-9-7-15-26(30)27-21-34-28(22-33(27)40)35-25-14-6-5-11-23(25)19-20-32(35)39(34)24-12-3-2-4-13-24/h2-22H,1H3. The molecule has 9 rings (SSSR count). The first-order valence-electron chi connectivity index (χ1n) is 13.6. The lowest BCUT2D eigenvalue weighted by atomic mass is 10.0. The van der Waals surface area contributed by atoms with Crippen molar-refractivity contribution in [2.24, 2.45) is 7.05 Å². The average molecular weight is 513 g/mol. The van der Waals surface area contributed by atoms with Gasteiger partial charge in [0, 0.05) is 34.3 Å². The summed E-state index contributed by atoms with van der Waals surface area (Å²) in [6.07, 6.45) is 0. The van der Waals surface area contributed by atoms with E-state index in [0.29, 0.717) is 0 Å². The molecular weight excluding hydrogens is 488 g/mol. The summed E-state index contributed by atoms with van der Waals surface area (Å²) in [5.74, 6) is 0.920. The molecule has 9 aromatic rings. The first kappa shape index (κ1) is 21.6. The zero-order chi connectivity index (χ0) is 26.4. The van der Waals surface area contributed by atoms with Crippen LogP contribution in [-0.2, 0) is 7.05 Å². The Hall–Kier alpha value is -5.35. The minimum Gasteiger partial charge on any atom is -0.313 e. The van der Waals surface area contributed by atoms with Crippen LogP contribution in [0.25, 0.3) is 77.1 Å². The summed E-state index contributed by atoms with van der Waals surface area (Å²) in [6.45, 7) is 0. The van der Waals surface area contributed by atoms with Crippen LogP contribution in [0.4, 0.5) is 0 Å². The molecule has 0 amide bonds. The van der Waals surface area contributed by atoms with Crippen molar-refractivity contribution >= 4 is 65.4 Å². The SMILES string of the molecule is Cn1c(-n2c3ccccc3c3cc4c(cc32)c2c3ccccc3ccc2n4-c2ccccc2)nc2ccccc21. The number of aromatic nitrogens is 4. The van der Waals surface area contributed by atoms with Crippen LogP contribution >= 0.6 is 0 Å². The van der Waals surface area contributed by atoms with Gasteiger partial charge in [0.2, 0.25) is 5.95 Å². The Labute approximate surface area is 229 Å². The third kappa shape index (κ3) is 2.77. The topological polar surface area (TPSA) is 27.7 Å². The molecule has 4 heteroatoms. The lowest BCUT2D eigenvalue weighted by molar-refractivity contribution is 0.870. The van der Waals surface area contributed by atoms with E-state index in [1.807, 2.05) is 0 Å². The molecule has 0 fully saturated rings. The molecule has 40 heavy (non-hydrogen) atoms. The maximum atomic E-state index is 5.12. The summed E-state index contributed by atoms with van der Waals surface area (Å²) in [4.78, 5) is 5.12. The second-order valence-corrected chi connectivity index (χ2v) is 10.6. The molecule has 0 aliphatic heterocycles. The molecule has 0 aliphatic rings. The van der Waals surface area contributed by atoms with Crippen LogP contribution in [0, 0.1) is 0 Å². The van der Waals surface area contributed by atoms with E-state index < -0.39 is 0 Å². The highest BCUT2D eigenvalue weighted by molar-refractivity contribution is 6.25. The molecule has 3 heterocycles. The molecule has 6 aromatic carbocycles. The van der Waals surface area contributed by atoms with Gasteiger partial charge in [0.15, 0.2) is 0 Å². The maximum Gasteiger partial charge on any atom is 0.215 e. The number of nitrogens with zero attached hydrogens (tertiary/aromatic N) is 4. The molecule has 0 N–H and O–H groups in total. The van der Waals surface area contributed by atoms with Gasteiger partial charge in [-0.1, -0.05) is 78.9 Å². The van der Waals surface area contributed by atoms with Gasteiger partial charge < -0.3 is 9.13 Å². The quantitative estimate of drug-likeness (QED) is 0.227. The minimum atomic E-state index is 0.920. The van der Waals surface area contributed by atoms with Gasteiger partial charge in [0.25, 0.3) is 0 Å². The van der Waals surface area contributed by atoms with Gasteiger partial charge in [-0.3, -0.25) is 4.57 Å². The minimum absolute atomic E-state index is 0.920. The van der Waals surface area contributed by atoms with Crippen molar-refractivity contribution < 1.29 is 0 Å².